The molecule has 0 atom stereocenters. The van der Waals surface area contributed by atoms with Crippen LogP contribution in [0.3, 0.4) is 0 Å². The van der Waals surface area contributed by atoms with Gasteiger partial charge in [-0.1, -0.05) is 34.8 Å². The normalized spacial score (nSPS) is 19.6. The van der Waals surface area contributed by atoms with Gasteiger partial charge in [0.05, 0.1) is 27.0 Å². The third-order valence-corrected chi connectivity index (χ3v) is 5.72. The highest BCUT2D eigenvalue weighted by atomic mass is 35.5. The molecule has 144 valence electrons. The number of hydrogen-bond acceptors (Lipinski definition) is 3. The van der Waals surface area contributed by atoms with E-state index in [1.54, 1.807) is 12.3 Å². The summed E-state index contributed by atoms with van der Waals surface area (Å²) in [5, 5.41) is 7.75. The first-order valence-corrected chi connectivity index (χ1v) is 10.1. The van der Waals surface area contributed by atoms with Gasteiger partial charge in [-0.3, -0.25) is 9.78 Å². The van der Waals surface area contributed by atoms with Crippen molar-refractivity contribution in [2.24, 2.45) is 5.92 Å². The lowest BCUT2D eigenvalue weighted by Gasteiger charge is -2.29. The number of hydrogen-bond donors (Lipinski definition) is 2. The van der Waals surface area contributed by atoms with Crippen molar-refractivity contribution in [2.45, 2.75) is 45.6 Å². The molecule has 2 N–H and O–H groups in total. The number of anilines is 1. The van der Waals surface area contributed by atoms with E-state index in [1.165, 1.54) is 0 Å². The van der Waals surface area contributed by atoms with Crippen molar-refractivity contribution in [3.63, 3.8) is 0 Å². The van der Waals surface area contributed by atoms with Crippen molar-refractivity contribution in [2.75, 3.05) is 11.9 Å². The lowest BCUT2D eigenvalue weighted by atomic mass is 9.86. The topological polar surface area (TPSA) is 54.0 Å². The van der Waals surface area contributed by atoms with Gasteiger partial charge >= 0.3 is 0 Å². The minimum atomic E-state index is -0.0779. The monoisotopic (exact) mass is 405 g/mol. The molecule has 0 unspecified atom stereocenters. The molecule has 0 saturated heterocycles. The van der Waals surface area contributed by atoms with E-state index < -0.39 is 0 Å². The summed E-state index contributed by atoms with van der Waals surface area (Å²) in [5.41, 5.74) is 3.54. The molecule has 1 heterocycles. The van der Waals surface area contributed by atoms with Crippen LogP contribution < -0.4 is 10.6 Å². The first kappa shape index (κ1) is 20.0. The molecular formula is C21H25Cl2N3O. The summed E-state index contributed by atoms with van der Waals surface area (Å²) in [6, 6.07) is 7.66. The quantitative estimate of drug-likeness (QED) is 0.699. The van der Waals surface area contributed by atoms with Crippen LogP contribution in [0.25, 0.3) is 0 Å². The Morgan fingerprint density at radius 2 is 1.89 bits per heavy atom. The maximum atomic E-state index is 12.5. The Bertz CT molecular complexity index is 817. The molecule has 2 aromatic rings. The van der Waals surface area contributed by atoms with E-state index in [-0.39, 0.29) is 11.9 Å². The second kappa shape index (κ2) is 8.94. The SMILES string of the molecule is Cc1ccc(Cl)c(C(=O)NC2CCC(CNc3cc(Cl)cnc3C)CC2)c1. The van der Waals surface area contributed by atoms with Crippen LogP contribution in [0.1, 0.15) is 47.3 Å². The first-order valence-electron chi connectivity index (χ1n) is 9.35. The average Bonchev–Trinajstić information content (AvgIpc) is 2.65. The predicted octanol–water partition coefficient (Wildman–Crippen LogP) is 5.41. The van der Waals surface area contributed by atoms with Crippen molar-refractivity contribution in [3.8, 4) is 0 Å². The molecule has 3 rings (SSSR count). The van der Waals surface area contributed by atoms with Crippen molar-refractivity contribution < 1.29 is 4.79 Å². The second-order valence-corrected chi connectivity index (χ2v) is 8.19. The zero-order valence-corrected chi connectivity index (χ0v) is 17.2. The zero-order valence-electron chi connectivity index (χ0n) is 15.7. The van der Waals surface area contributed by atoms with Crippen LogP contribution in [0.4, 0.5) is 5.69 Å². The van der Waals surface area contributed by atoms with E-state index in [9.17, 15) is 4.79 Å². The molecule has 0 spiro atoms. The molecule has 0 aliphatic heterocycles. The van der Waals surface area contributed by atoms with E-state index in [2.05, 4.69) is 15.6 Å². The summed E-state index contributed by atoms with van der Waals surface area (Å²) in [6.45, 7) is 4.83. The smallest absolute Gasteiger partial charge is 0.253 e. The van der Waals surface area contributed by atoms with Crippen LogP contribution in [0, 0.1) is 19.8 Å². The second-order valence-electron chi connectivity index (χ2n) is 7.34. The number of nitrogens with one attached hydrogen (secondary N) is 2. The molecule has 1 fully saturated rings. The Labute approximate surface area is 170 Å². The minimum Gasteiger partial charge on any atom is -0.383 e. The number of carbonyl (C=O) groups is 1. The van der Waals surface area contributed by atoms with Gasteiger partial charge in [-0.05, 0) is 63.6 Å². The van der Waals surface area contributed by atoms with Gasteiger partial charge in [0.1, 0.15) is 0 Å². The molecule has 0 bridgehead atoms. The van der Waals surface area contributed by atoms with Gasteiger partial charge in [-0.25, -0.2) is 0 Å². The van der Waals surface area contributed by atoms with Crippen LogP contribution in [-0.4, -0.2) is 23.5 Å². The Balaban J connectivity index is 1.48. The summed E-state index contributed by atoms with van der Waals surface area (Å²) in [6.07, 6.45) is 5.78. The van der Waals surface area contributed by atoms with Gasteiger partial charge in [0.25, 0.3) is 5.91 Å². The fraction of sp³-hybridized carbons (Fsp3) is 0.429. The van der Waals surface area contributed by atoms with Gasteiger partial charge < -0.3 is 10.6 Å². The van der Waals surface area contributed by atoms with E-state index in [4.69, 9.17) is 23.2 Å². The van der Waals surface area contributed by atoms with Crippen molar-refractivity contribution >= 4 is 34.8 Å². The van der Waals surface area contributed by atoms with Crippen LogP contribution in [0.15, 0.2) is 30.5 Å². The highest BCUT2D eigenvalue weighted by Gasteiger charge is 2.23. The zero-order chi connectivity index (χ0) is 19.4. The van der Waals surface area contributed by atoms with E-state index in [0.29, 0.717) is 21.5 Å². The van der Waals surface area contributed by atoms with Crippen LogP contribution in [-0.2, 0) is 0 Å². The number of aromatic nitrogens is 1. The fourth-order valence-corrected chi connectivity index (χ4v) is 3.89. The van der Waals surface area contributed by atoms with Gasteiger partial charge in [0, 0.05) is 18.8 Å². The maximum Gasteiger partial charge on any atom is 0.253 e. The van der Waals surface area contributed by atoms with E-state index in [1.807, 2.05) is 32.0 Å². The number of rotatable bonds is 5. The Morgan fingerprint density at radius 1 is 1.15 bits per heavy atom. The molecular weight excluding hydrogens is 381 g/mol. The van der Waals surface area contributed by atoms with Crippen molar-refractivity contribution in [3.05, 3.63) is 57.3 Å². The maximum absolute atomic E-state index is 12.5. The first-order chi connectivity index (χ1) is 12.9. The summed E-state index contributed by atoms with van der Waals surface area (Å²) in [7, 11) is 0. The van der Waals surface area contributed by atoms with E-state index >= 15 is 0 Å². The van der Waals surface area contributed by atoms with Crippen LogP contribution in [0.2, 0.25) is 10.0 Å². The molecule has 1 aliphatic rings. The summed E-state index contributed by atoms with van der Waals surface area (Å²) in [5.74, 6) is 0.505. The Kier molecular flexibility index (Phi) is 6.61. The summed E-state index contributed by atoms with van der Waals surface area (Å²) < 4.78 is 0. The fourth-order valence-electron chi connectivity index (χ4n) is 3.53. The summed E-state index contributed by atoms with van der Waals surface area (Å²) in [4.78, 5) is 16.8. The van der Waals surface area contributed by atoms with Crippen molar-refractivity contribution in [1.82, 2.24) is 10.3 Å². The van der Waals surface area contributed by atoms with Crippen molar-refractivity contribution in [1.29, 1.82) is 0 Å². The number of carbonyl (C=O) groups excluding carboxylic acids is 1. The Hall–Kier alpha value is -1.78. The van der Waals surface area contributed by atoms with Crippen LogP contribution in [0.5, 0.6) is 0 Å². The lowest BCUT2D eigenvalue weighted by Crippen LogP contribution is -2.38. The number of amides is 1. The number of pyridine rings is 1. The van der Waals surface area contributed by atoms with Gasteiger partial charge in [0.15, 0.2) is 0 Å². The van der Waals surface area contributed by atoms with E-state index in [0.717, 1.165) is 49.2 Å². The summed E-state index contributed by atoms with van der Waals surface area (Å²) >= 11 is 12.2. The largest absolute Gasteiger partial charge is 0.383 e. The predicted molar refractivity (Wildman–Crippen MR) is 112 cm³/mol. The third-order valence-electron chi connectivity index (χ3n) is 5.18. The molecule has 1 aliphatic carbocycles. The molecule has 1 aromatic heterocycles. The van der Waals surface area contributed by atoms with Crippen LogP contribution >= 0.6 is 23.2 Å². The highest BCUT2D eigenvalue weighted by Crippen LogP contribution is 2.26. The number of halogens is 2. The molecule has 1 amide bonds. The third kappa shape index (κ3) is 5.36. The Morgan fingerprint density at radius 3 is 2.63 bits per heavy atom. The molecule has 1 aromatic carbocycles. The number of aryl methyl sites for hydroxylation is 2. The van der Waals surface area contributed by atoms with Gasteiger partial charge in [-0.2, -0.15) is 0 Å². The number of nitrogens with zero attached hydrogens (tertiary/aromatic N) is 1. The number of benzene rings is 1. The molecule has 1 saturated carbocycles. The minimum absolute atomic E-state index is 0.0779. The molecule has 27 heavy (non-hydrogen) atoms. The highest BCUT2D eigenvalue weighted by molar-refractivity contribution is 6.33. The standard InChI is InChI=1S/C21H25Cl2N3O/c1-13-3-8-19(23)18(9-13)21(27)26-17-6-4-15(5-7-17)11-25-20-10-16(22)12-24-14(20)2/h3,8-10,12,15,17,25H,4-7,11H2,1-2H3,(H,26,27). The van der Waals surface area contributed by atoms with Gasteiger partial charge in [-0.15, -0.1) is 0 Å². The van der Waals surface area contributed by atoms with Gasteiger partial charge in [0.2, 0.25) is 0 Å². The molecule has 0 radical (unpaired) electrons. The lowest BCUT2D eigenvalue weighted by molar-refractivity contribution is 0.0923. The molecule has 4 nitrogen and oxygen atoms in total. The average molecular weight is 406 g/mol. The molecule has 6 heteroatoms.